The number of hydrogen-bond donors (Lipinski definition) is 1. The molecule has 0 aliphatic rings. The zero-order chi connectivity index (χ0) is 13.9. The van der Waals surface area contributed by atoms with Crippen molar-refractivity contribution in [2.45, 2.75) is 19.8 Å². The first-order valence-corrected chi connectivity index (χ1v) is 4.62. The molecule has 0 heterocycles. The fraction of sp³-hybridized carbons (Fsp3) is 0.600. The minimum Gasteiger partial charge on any atom is -0.480 e. The molecule has 0 saturated heterocycles. The van der Waals surface area contributed by atoms with E-state index in [0.717, 1.165) is 7.11 Å². The van der Waals surface area contributed by atoms with Crippen LogP contribution in [0.25, 0.3) is 0 Å². The van der Waals surface area contributed by atoms with Crippen molar-refractivity contribution >= 4 is 18.4 Å². The average molecular weight is 245 g/mol. The lowest BCUT2D eigenvalue weighted by molar-refractivity contribution is -0.153. The summed E-state index contributed by atoms with van der Waals surface area (Å²) in [4.78, 5) is 30.5. The van der Waals surface area contributed by atoms with Crippen LogP contribution in [0.15, 0.2) is 0 Å². The van der Waals surface area contributed by atoms with Crippen molar-refractivity contribution in [3.63, 3.8) is 0 Å². The van der Waals surface area contributed by atoms with Crippen LogP contribution in [0.5, 0.6) is 0 Å². The Balaban J connectivity index is 0. The molecule has 0 aromatic rings. The van der Waals surface area contributed by atoms with E-state index in [1.807, 2.05) is 0 Å². The van der Waals surface area contributed by atoms with Crippen LogP contribution in [0.2, 0.25) is 0 Å². The lowest BCUT2D eigenvalue weighted by Gasteiger charge is -2.17. The third kappa shape index (κ3) is 6.14. The molecule has 7 heteroatoms. The topological polar surface area (TPSA) is 114 Å². The number of rotatable bonds is 5. The minimum atomic E-state index is -1.65. The lowest BCUT2D eigenvalue weighted by Crippen LogP contribution is -2.31. The van der Waals surface area contributed by atoms with Crippen LogP contribution in [0.1, 0.15) is 19.8 Å². The molecular formula is C10H15NO6. The van der Waals surface area contributed by atoms with Gasteiger partial charge >= 0.3 is 11.9 Å². The van der Waals surface area contributed by atoms with E-state index in [-0.39, 0.29) is 6.42 Å². The number of carbonyl (C=O) groups is 3. The molecule has 0 saturated carbocycles. The standard InChI is InChI=1S/C8H11NO4.C2H4O2/c1-3-8(5-9,7(11)12)4-6(10)13-2;1-4-2-3/h3-4H2,1-2H3,(H,11,12);2H,1H3. The van der Waals surface area contributed by atoms with Crippen LogP contribution in [0, 0.1) is 16.7 Å². The van der Waals surface area contributed by atoms with E-state index in [2.05, 4.69) is 9.47 Å². The zero-order valence-corrected chi connectivity index (χ0v) is 9.93. The van der Waals surface area contributed by atoms with Gasteiger partial charge in [-0.15, -0.1) is 0 Å². The third-order valence-electron chi connectivity index (χ3n) is 2.00. The number of methoxy groups -OCH3 is 2. The quantitative estimate of drug-likeness (QED) is 0.548. The van der Waals surface area contributed by atoms with Crippen molar-refractivity contribution < 1.29 is 29.0 Å². The summed E-state index contributed by atoms with van der Waals surface area (Å²) in [5, 5.41) is 17.4. The number of nitriles is 1. The Morgan fingerprint density at radius 3 is 2.12 bits per heavy atom. The van der Waals surface area contributed by atoms with Gasteiger partial charge < -0.3 is 14.6 Å². The Bertz CT molecular complexity index is 308. The van der Waals surface area contributed by atoms with Crippen LogP contribution in [-0.4, -0.2) is 37.7 Å². The molecule has 0 aliphatic carbocycles. The van der Waals surface area contributed by atoms with Gasteiger partial charge in [0.2, 0.25) is 0 Å². The van der Waals surface area contributed by atoms with Crippen molar-refractivity contribution in [1.29, 1.82) is 5.26 Å². The number of carboxylic acid groups (broad SMARTS) is 1. The lowest BCUT2D eigenvalue weighted by atomic mass is 9.83. The molecule has 1 unspecified atom stereocenters. The van der Waals surface area contributed by atoms with Crippen molar-refractivity contribution in [2.24, 2.45) is 5.41 Å². The van der Waals surface area contributed by atoms with Gasteiger partial charge in [-0.05, 0) is 6.42 Å². The molecule has 0 fully saturated rings. The van der Waals surface area contributed by atoms with Crippen molar-refractivity contribution in [3.8, 4) is 6.07 Å². The number of carboxylic acids is 1. The van der Waals surface area contributed by atoms with Crippen molar-refractivity contribution in [3.05, 3.63) is 0 Å². The van der Waals surface area contributed by atoms with E-state index in [0.29, 0.717) is 6.47 Å². The van der Waals surface area contributed by atoms with Gasteiger partial charge in [0.15, 0.2) is 5.41 Å². The van der Waals surface area contributed by atoms with Crippen LogP contribution in [-0.2, 0) is 23.9 Å². The molecule has 0 aromatic carbocycles. The predicted octanol–water partition coefficient (Wildman–Crippen LogP) is 0.343. The Hall–Kier alpha value is -2.10. The summed E-state index contributed by atoms with van der Waals surface area (Å²) >= 11 is 0. The number of aliphatic carboxylic acids is 1. The first-order valence-electron chi connectivity index (χ1n) is 4.62. The van der Waals surface area contributed by atoms with Crippen molar-refractivity contribution in [2.75, 3.05) is 14.2 Å². The predicted molar refractivity (Wildman–Crippen MR) is 55.7 cm³/mol. The molecule has 1 atom stereocenters. The number of hydrogen-bond acceptors (Lipinski definition) is 6. The maximum atomic E-state index is 10.8. The Labute approximate surface area is 98.9 Å². The monoisotopic (exact) mass is 245 g/mol. The molecule has 0 aliphatic heterocycles. The second-order valence-corrected chi connectivity index (χ2v) is 2.94. The molecule has 0 spiro atoms. The van der Waals surface area contributed by atoms with Crippen LogP contribution in [0.3, 0.4) is 0 Å². The summed E-state index contributed by atoms with van der Waals surface area (Å²) in [5.74, 6) is -1.98. The molecule has 0 amide bonds. The number of ether oxygens (including phenoxy) is 2. The Morgan fingerprint density at radius 2 is 1.94 bits per heavy atom. The highest BCUT2D eigenvalue weighted by molar-refractivity contribution is 5.84. The van der Waals surface area contributed by atoms with Gasteiger partial charge in [0, 0.05) is 0 Å². The van der Waals surface area contributed by atoms with Gasteiger partial charge in [0.05, 0.1) is 26.7 Å². The highest BCUT2D eigenvalue weighted by Gasteiger charge is 2.39. The Kier molecular flexibility index (Phi) is 9.31. The van der Waals surface area contributed by atoms with Crippen molar-refractivity contribution in [1.82, 2.24) is 0 Å². The summed E-state index contributed by atoms with van der Waals surface area (Å²) < 4.78 is 8.17. The molecule has 0 rings (SSSR count). The maximum absolute atomic E-state index is 10.8. The summed E-state index contributed by atoms with van der Waals surface area (Å²) in [6.07, 6.45) is -0.334. The van der Waals surface area contributed by atoms with Crippen LogP contribution in [0.4, 0.5) is 0 Å². The van der Waals surface area contributed by atoms with E-state index in [1.54, 1.807) is 13.0 Å². The molecule has 0 radical (unpaired) electrons. The second kappa shape index (κ2) is 9.15. The van der Waals surface area contributed by atoms with Gasteiger partial charge in [0.25, 0.3) is 6.47 Å². The van der Waals surface area contributed by atoms with E-state index in [9.17, 15) is 9.59 Å². The van der Waals surface area contributed by atoms with E-state index in [4.69, 9.17) is 15.2 Å². The van der Waals surface area contributed by atoms with Gasteiger partial charge in [-0.2, -0.15) is 5.26 Å². The maximum Gasteiger partial charge on any atom is 0.324 e. The minimum absolute atomic E-state index is 0.0773. The molecule has 0 aromatic heterocycles. The fourth-order valence-electron chi connectivity index (χ4n) is 0.837. The van der Waals surface area contributed by atoms with Gasteiger partial charge in [-0.25, -0.2) is 0 Å². The molecule has 96 valence electrons. The first kappa shape index (κ1) is 17.3. The normalized spacial score (nSPS) is 11.9. The molecule has 7 nitrogen and oxygen atoms in total. The smallest absolute Gasteiger partial charge is 0.324 e. The van der Waals surface area contributed by atoms with E-state index in [1.165, 1.54) is 7.11 Å². The average Bonchev–Trinajstić information content (AvgIpc) is 2.35. The van der Waals surface area contributed by atoms with E-state index >= 15 is 0 Å². The SMILES string of the molecule is CCC(C#N)(CC(=O)OC)C(=O)O.COC=O. The van der Waals surface area contributed by atoms with E-state index < -0.39 is 23.8 Å². The van der Waals surface area contributed by atoms with Gasteiger partial charge in [-0.1, -0.05) is 6.92 Å². The van der Waals surface area contributed by atoms with Gasteiger partial charge in [-0.3, -0.25) is 14.4 Å². The summed E-state index contributed by atoms with van der Waals surface area (Å²) in [6.45, 7) is 1.92. The highest BCUT2D eigenvalue weighted by Crippen LogP contribution is 2.26. The third-order valence-corrected chi connectivity index (χ3v) is 2.00. The van der Waals surface area contributed by atoms with Crippen LogP contribution < -0.4 is 0 Å². The van der Waals surface area contributed by atoms with Gasteiger partial charge in [0.1, 0.15) is 0 Å². The summed E-state index contributed by atoms with van der Waals surface area (Å²) in [5.41, 5.74) is -1.65. The number of nitrogens with zero attached hydrogens (tertiary/aromatic N) is 1. The van der Waals surface area contributed by atoms with Crippen LogP contribution >= 0.6 is 0 Å². The summed E-state index contributed by atoms with van der Waals surface area (Å²) in [6, 6.07) is 1.63. The highest BCUT2D eigenvalue weighted by atomic mass is 16.5. The molecule has 17 heavy (non-hydrogen) atoms. The number of carbonyl (C=O) groups excluding carboxylic acids is 2. The second-order valence-electron chi connectivity index (χ2n) is 2.94. The fourth-order valence-corrected chi connectivity index (χ4v) is 0.837. The Morgan fingerprint density at radius 1 is 1.47 bits per heavy atom. The summed E-state index contributed by atoms with van der Waals surface area (Å²) in [7, 11) is 2.47. The first-order chi connectivity index (χ1) is 7.93. The molecular weight excluding hydrogens is 230 g/mol. The zero-order valence-electron chi connectivity index (χ0n) is 9.93. The molecule has 1 N–H and O–H groups in total. The number of esters is 1. The largest absolute Gasteiger partial charge is 0.480 e. The molecule has 0 bridgehead atoms.